The fourth-order valence-corrected chi connectivity index (χ4v) is 3.31. The van der Waals surface area contributed by atoms with Crippen molar-refractivity contribution in [2.24, 2.45) is 0 Å². The average Bonchev–Trinajstić information content (AvgIpc) is 3.05. The highest BCUT2D eigenvalue weighted by Gasteiger charge is 2.25. The van der Waals surface area contributed by atoms with E-state index in [0.717, 1.165) is 12.4 Å². The van der Waals surface area contributed by atoms with Gasteiger partial charge in [0, 0.05) is 49.6 Å². The van der Waals surface area contributed by atoms with Crippen molar-refractivity contribution in [2.75, 3.05) is 30.9 Å². The van der Waals surface area contributed by atoms with Crippen LogP contribution in [-0.2, 0) is 0 Å². The van der Waals surface area contributed by atoms with E-state index in [2.05, 4.69) is 90.0 Å². The van der Waals surface area contributed by atoms with Gasteiger partial charge in [0.05, 0.1) is 0 Å². The lowest BCUT2D eigenvalue weighted by molar-refractivity contribution is 0.907. The zero-order valence-electron chi connectivity index (χ0n) is 14.0. The van der Waals surface area contributed by atoms with Crippen LogP contribution in [0.1, 0.15) is 17.0 Å². The minimum atomic E-state index is 0.366. The van der Waals surface area contributed by atoms with Gasteiger partial charge in [-0.05, 0) is 29.3 Å². The summed E-state index contributed by atoms with van der Waals surface area (Å²) in [7, 11) is 4.13. The third-order valence-electron chi connectivity index (χ3n) is 4.66. The van der Waals surface area contributed by atoms with Crippen LogP contribution in [0.2, 0.25) is 0 Å². The fourth-order valence-electron chi connectivity index (χ4n) is 3.31. The van der Waals surface area contributed by atoms with Crippen molar-refractivity contribution in [1.29, 1.82) is 0 Å². The van der Waals surface area contributed by atoms with Crippen LogP contribution >= 0.6 is 0 Å². The second-order valence-electron chi connectivity index (χ2n) is 6.45. The molecule has 1 N–H and O–H groups in total. The third kappa shape index (κ3) is 2.62. The van der Waals surface area contributed by atoms with Gasteiger partial charge < -0.3 is 10.2 Å². The molecule has 0 spiro atoms. The zero-order chi connectivity index (χ0) is 16.5. The highest BCUT2D eigenvalue weighted by molar-refractivity contribution is 5.71. The Labute approximate surface area is 143 Å². The number of anilines is 2. The van der Waals surface area contributed by atoms with Crippen molar-refractivity contribution in [3.8, 4) is 11.1 Å². The van der Waals surface area contributed by atoms with Crippen LogP contribution < -0.4 is 10.2 Å². The lowest BCUT2D eigenvalue weighted by Crippen LogP contribution is -2.08. The van der Waals surface area contributed by atoms with E-state index < -0.39 is 0 Å². The van der Waals surface area contributed by atoms with E-state index in [1.54, 1.807) is 0 Å². The Balaban J connectivity index is 1.75. The molecule has 2 aromatic carbocycles. The smallest absolute Gasteiger partial charge is 0.129 e. The molecular formula is C21H21N3. The van der Waals surface area contributed by atoms with Gasteiger partial charge in [0.15, 0.2) is 0 Å². The summed E-state index contributed by atoms with van der Waals surface area (Å²) < 4.78 is 0. The van der Waals surface area contributed by atoms with Crippen LogP contribution in [0.25, 0.3) is 11.1 Å². The molecule has 1 unspecified atom stereocenters. The highest BCUT2D eigenvalue weighted by atomic mass is 15.1. The van der Waals surface area contributed by atoms with Crippen LogP contribution in [0, 0.1) is 0 Å². The average molecular weight is 315 g/mol. The summed E-state index contributed by atoms with van der Waals surface area (Å²) in [6, 6.07) is 21.5. The first-order valence-electron chi connectivity index (χ1n) is 8.29. The number of rotatable bonds is 3. The Kier molecular flexibility index (Phi) is 3.69. The van der Waals surface area contributed by atoms with E-state index in [0.29, 0.717) is 5.92 Å². The number of aromatic nitrogens is 1. The molecule has 120 valence electrons. The first-order chi connectivity index (χ1) is 11.7. The van der Waals surface area contributed by atoms with Crippen LogP contribution in [0.3, 0.4) is 0 Å². The summed E-state index contributed by atoms with van der Waals surface area (Å²) in [5, 5.41) is 3.44. The highest BCUT2D eigenvalue weighted by Crippen LogP contribution is 2.37. The number of hydrogen-bond donors (Lipinski definition) is 1. The van der Waals surface area contributed by atoms with Gasteiger partial charge in [-0.1, -0.05) is 42.5 Å². The predicted octanol–water partition coefficient (Wildman–Crippen LogP) is 4.37. The molecule has 0 saturated heterocycles. The normalized spacial score (nSPS) is 15.7. The van der Waals surface area contributed by atoms with Gasteiger partial charge in [0.25, 0.3) is 0 Å². The van der Waals surface area contributed by atoms with E-state index in [9.17, 15) is 0 Å². The van der Waals surface area contributed by atoms with Crippen molar-refractivity contribution in [3.05, 3.63) is 78.0 Å². The molecule has 3 heteroatoms. The van der Waals surface area contributed by atoms with Crippen molar-refractivity contribution < 1.29 is 0 Å². The van der Waals surface area contributed by atoms with E-state index in [4.69, 9.17) is 0 Å². The number of hydrogen-bond acceptors (Lipinski definition) is 3. The van der Waals surface area contributed by atoms with Gasteiger partial charge in [0.1, 0.15) is 5.82 Å². The van der Waals surface area contributed by atoms with Gasteiger partial charge in [-0.25, -0.2) is 4.98 Å². The zero-order valence-corrected chi connectivity index (χ0v) is 14.0. The molecule has 1 aliphatic heterocycles. The Hall–Kier alpha value is -2.81. The predicted molar refractivity (Wildman–Crippen MR) is 101 cm³/mol. The summed E-state index contributed by atoms with van der Waals surface area (Å²) in [6.45, 7) is 0.910. The molecule has 0 radical (unpaired) electrons. The van der Waals surface area contributed by atoms with Gasteiger partial charge in [-0.15, -0.1) is 0 Å². The monoisotopic (exact) mass is 315 g/mol. The summed E-state index contributed by atoms with van der Waals surface area (Å²) in [6.07, 6.45) is 1.97. The molecule has 2 heterocycles. The molecule has 24 heavy (non-hydrogen) atoms. The maximum Gasteiger partial charge on any atom is 0.129 e. The molecule has 0 aliphatic carbocycles. The van der Waals surface area contributed by atoms with Crippen molar-refractivity contribution in [1.82, 2.24) is 4.98 Å². The molecule has 1 aliphatic rings. The number of benzene rings is 2. The summed E-state index contributed by atoms with van der Waals surface area (Å²) >= 11 is 0. The Morgan fingerprint density at radius 2 is 1.79 bits per heavy atom. The fraction of sp³-hybridized carbons (Fsp3) is 0.190. The number of nitrogens with one attached hydrogen (secondary N) is 1. The molecule has 1 aromatic heterocycles. The van der Waals surface area contributed by atoms with E-state index >= 15 is 0 Å². The number of nitrogens with zero attached hydrogens (tertiary/aromatic N) is 2. The third-order valence-corrected chi connectivity index (χ3v) is 4.66. The number of fused-ring (bicyclic) bond motifs is 1. The Morgan fingerprint density at radius 3 is 2.58 bits per heavy atom. The van der Waals surface area contributed by atoms with Crippen LogP contribution in [0.15, 0.2) is 66.9 Å². The number of pyridine rings is 1. The molecule has 0 bridgehead atoms. The lowest BCUT2D eigenvalue weighted by Gasteiger charge is -2.14. The van der Waals surface area contributed by atoms with E-state index in [1.165, 1.54) is 27.9 Å². The Morgan fingerprint density at radius 1 is 0.958 bits per heavy atom. The summed E-state index contributed by atoms with van der Waals surface area (Å²) in [5.74, 6) is 1.38. The Bertz CT molecular complexity index is 856. The molecular weight excluding hydrogens is 294 g/mol. The minimum Gasteiger partial charge on any atom is -0.378 e. The lowest BCUT2D eigenvalue weighted by atomic mass is 9.92. The van der Waals surface area contributed by atoms with Crippen LogP contribution in [0.4, 0.5) is 11.5 Å². The van der Waals surface area contributed by atoms with Crippen LogP contribution in [-0.4, -0.2) is 25.6 Å². The topological polar surface area (TPSA) is 28.2 Å². The summed E-state index contributed by atoms with van der Waals surface area (Å²) in [4.78, 5) is 6.78. The second kappa shape index (κ2) is 6.00. The molecule has 4 rings (SSSR count). The summed E-state index contributed by atoms with van der Waals surface area (Å²) in [5.41, 5.74) is 6.20. The quantitative estimate of drug-likeness (QED) is 0.778. The maximum atomic E-state index is 4.66. The standard InChI is InChI=1S/C21H21N3/c1-24(2)18-10-6-9-16(11-18)17-12-19-20(14-23-21(19)22-13-17)15-7-4-3-5-8-15/h3-13,20H,14H2,1-2H3,(H,22,23). The van der Waals surface area contributed by atoms with Crippen molar-refractivity contribution in [3.63, 3.8) is 0 Å². The first kappa shape index (κ1) is 14.8. The van der Waals surface area contributed by atoms with Crippen molar-refractivity contribution >= 4 is 11.5 Å². The van der Waals surface area contributed by atoms with Gasteiger partial charge in [-0.2, -0.15) is 0 Å². The first-order valence-corrected chi connectivity index (χ1v) is 8.29. The molecule has 1 atom stereocenters. The molecule has 0 fully saturated rings. The SMILES string of the molecule is CN(C)c1cccc(-c2cnc3c(c2)C(c2ccccc2)CN3)c1. The maximum absolute atomic E-state index is 4.66. The van der Waals surface area contributed by atoms with Crippen LogP contribution in [0.5, 0.6) is 0 Å². The second-order valence-corrected chi connectivity index (χ2v) is 6.45. The van der Waals surface area contributed by atoms with E-state index in [-0.39, 0.29) is 0 Å². The van der Waals surface area contributed by atoms with Gasteiger partial charge >= 0.3 is 0 Å². The van der Waals surface area contributed by atoms with Gasteiger partial charge in [0.2, 0.25) is 0 Å². The van der Waals surface area contributed by atoms with Crippen molar-refractivity contribution in [2.45, 2.75) is 5.92 Å². The molecule has 0 amide bonds. The van der Waals surface area contributed by atoms with E-state index in [1.807, 2.05) is 6.20 Å². The van der Waals surface area contributed by atoms with Gasteiger partial charge in [-0.3, -0.25) is 0 Å². The molecule has 3 aromatic rings. The molecule has 0 saturated carbocycles. The minimum absolute atomic E-state index is 0.366. The molecule has 3 nitrogen and oxygen atoms in total. The largest absolute Gasteiger partial charge is 0.378 e.